The number of methoxy groups -OCH3 is 1. The van der Waals surface area contributed by atoms with Gasteiger partial charge < -0.3 is 15.4 Å². The van der Waals surface area contributed by atoms with Crippen LogP contribution in [0.2, 0.25) is 5.02 Å². The molecule has 0 bridgehead atoms. The maximum absolute atomic E-state index is 13.0. The molecule has 0 radical (unpaired) electrons. The summed E-state index contributed by atoms with van der Waals surface area (Å²) in [6.07, 6.45) is 0.253. The van der Waals surface area contributed by atoms with Crippen LogP contribution in [0.15, 0.2) is 18.2 Å². The Morgan fingerprint density at radius 1 is 1.55 bits per heavy atom. The van der Waals surface area contributed by atoms with Gasteiger partial charge in [0, 0.05) is 37.7 Å². The smallest absolute Gasteiger partial charge is 0.224 e. The molecule has 20 heavy (non-hydrogen) atoms. The molecule has 1 aromatic rings. The predicted octanol–water partition coefficient (Wildman–Crippen LogP) is 2.19. The molecule has 0 aliphatic heterocycles. The minimum absolute atomic E-state index is 0.0718. The maximum Gasteiger partial charge on any atom is 0.224 e. The van der Waals surface area contributed by atoms with E-state index >= 15 is 0 Å². The van der Waals surface area contributed by atoms with E-state index in [1.54, 1.807) is 25.0 Å². The summed E-state index contributed by atoms with van der Waals surface area (Å²) in [6.45, 7) is 2.95. The summed E-state index contributed by atoms with van der Waals surface area (Å²) >= 11 is 5.98. The lowest BCUT2D eigenvalue weighted by Crippen LogP contribution is -2.36. The van der Waals surface area contributed by atoms with Crippen molar-refractivity contribution < 1.29 is 13.9 Å². The third kappa shape index (κ3) is 5.45. The van der Waals surface area contributed by atoms with Gasteiger partial charge in [-0.1, -0.05) is 17.7 Å². The van der Waals surface area contributed by atoms with Crippen LogP contribution in [0.25, 0.3) is 0 Å². The van der Waals surface area contributed by atoms with E-state index in [2.05, 4.69) is 0 Å². The Labute approximate surface area is 123 Å². The predicted molar refractivity (Wildman–Crippen MR) is 77.0 cm³/mol. The Balaban J connectivity index is 2.80. The molecule has 0 aromatic heterocycles. The Morgan fingerprint density at radius 3 is 2.80 bits per heavy atom. The largest absolute Gasteiger partial charge is 0.383 e. The number of nitrogens with zero attached hydrogens (tertiary/aromatic N) is 1. The third-order valence-corrected chi connectivity index (χ3v) is 3.14. The number of ether oxygens (including phenoxy) is 1. The molecule has 1 rings (SSSR count). The van der Waals surface area contributed by atoms with E-state index in [9.17, 15) is 9.18 Å². The molecule has 1 amide bonds. The van der Waals surface area contributed by atoms with Crippen LogP contribution in [0.5, 0.6) is 0 Å². The summed E-state index contributed by atoms with van der Waals surface area (Å²) in [5, 5.41) is 0.306. The van der Waals surface area contributed by atoms with Crippen LogP contribution in [-0.2, 0) is 16.1 Å². The van der Waals surface area contributed by atoms with E-state index in [4.69, 9.17) is 22.1 Å². The summed E-state index contributed by atoms with van der Waals surface area (Å²) in [5.41, 5.74) is 6.35. The first-order valence-corrected chi connectivity index (χ1v) is 6.78. The molecule has 4 nitrogen and oxygen atoms in total. The Morgan fingerprint density at radius 2 is 2.25 bits per heavy atom. The van der Waals surface area contributed by atoms with Gasteiger partial charge >= 0.3 is 0 Å². The fourth-order valence-corrected chi connectivity index (χ4v) is 1.98. The molecule has 0 saturated carbocycles. The van der Waals surface area contributed by atoms with Crippen molar-refractivity contribution in [3.05, 3.63) is 34.6 Å². The van der Waals surface area contributed by atoms with Crippen molar-refractivity contribution in [2.45, 2.75) is 25.9 Å². The van der Waals surface area contributed by atoms with E-state index in [-0.39, 0.29) is 18.4 Å². The monoisotopic (exact) mass is 302 g/mol. The minimum Gasteiger partial charge on any atom is -0.383 e. The van der Waals surface area contributed by atoms with E-state index in [1.807, 2.05) is 0 Å². The lowest BCUT2D eigenvalue weighted by atomic mass is 10.1. The number of nitrogens with two attached hydrogens (primary N) is 1. The van der Waals surface area contributed by atoms with Crippen molar-refractivity contribution in [2.24, 2.45) is 5.73 Å². The molecule has 0 heterocycles. The van der Waals surface area contributed by atoms with Crippen LogP contribution in [0, 0.1) is 5.82 Å². The van der Waals surface area contributed by atoms with Gasteiger partial charge in [0.2, 0.25) is 5.91 Å². The number of halogens is 2. The van der Waals surface area contributed by atoms with Crippen LogP contribution >= 0.6 is 11.6 Å². The van der Waals surface area contributed by atoms with Crippen LogP contribution < -0.4 is 5.73 Å². The molecule has 0 aliphatic carbocycles. The van der Waals surface area contributed by atoms with Crippen molar-refractivity contribution in [3.8, 4) is 0 Å². The number of benzene rings is 1. The standard InChI is InChI=1S/C14H20ClFN2O2/c1-10(17)7-14(19)18(5-6-20-2)9-11-3-4-12(16)8-13(11)15/h3-4,8,10H,5-7,9,17H2,1-2H3. The second kappa shape index (κ2) is 8.19. The molecule has 1 aromatic carbocycles. The first kappa shape index (κ1) is 16.9. The average Bonchev–Trinajstić information content (AvgIpc) is 2.35. The molecule has 0 saturated heterocycles. The maximum atomic E-state index is 13.0. The first-order chi connectivity index (χ1) is 9.43. The van der Waals surface area contributed by atoms with Gasteiger partial charge in [-0.2, -0.15) is 0 Å². The van der Waals surface area contributed by atoms with E-state index in [1.165, 1.54) is 12.1 Å². The van der Waals surface area contributed by atoms with E-state index < -0.39 is 5.82 Å². The van der Waals surface area contributed by atoms with Crippen molar-refractivity contribution >= 4 is 17.5 Å². The molecule has 6 heteroatoms. The third-order valence-electron chi connectivity index (χ3n) is 2.79. The van der Waals surface area contributed by atoms with Gasteiger partial charge in [-0.25, -0.2) is 4.39 Å². The molecule has 1 unspecified atom stereocenters. The van der Waals surface area contributed by atoms with Crippen LogP contribution in [-0.4, -0.2) is 37.1 Å². The zero-order valence-corrected chi connectivity index (χ0v) is 12.5. The second-order valence-electron chi connectivity index (χ2n) is 4.73. The zero-order chi connectivity index (χ0) is 15.1. The van der Waals surface area contributed by atoms with Crippen molar-refractivity contribution in [3.63, 3.8) is 0 Å². The zero-order valence-electron chi connectivity index (χ0n) is 11.7. The molecular formula is C14H20ClFN2O2. The number of hydrogen-bond acceptors (Lipinski definition) is 3. The van der Waals surface area contributed by atoms with Crippen molar-refractivity contribution in [1.29, 1.82) is 0 Å². The van der Waals surface area contributed by atoms with E-state index in [0.29, 0.717) is 30.3 Å². The number of carbonyl (C=O) groups excluding carboxylic acids is 1. The molecule has 2 N–H and O–H groups in total. The molecule has 0 fully saturated rings. The lowest BCUT2D eigenvalue weighted by molar-refractivity contribution is -0.132. The number of carbonyl (C=O) groups is 1. The first-order valence-electron chi connectivity index (χ1n) is 6.40. The highest BCUT2D eigenvalue weighted by Crippen LogP contribution is 2.19. The fourth-order valence-electron chi connectivity index (χ4n) is 1.75. The molecule has 112 valence electrons. The molecular weight excluding hydrogens is 283 g/mol. The van der Waals surface area contributed by atoms with Gasteiger partial charge in [0.25, 0.3) is 0 Å². The van der Waals surface area contributed by atoms with Gasteiger partial charge in [0.15, 0.2) is 0 Å². The lowest BCUT2D eigenvalue weighted by Gasteiger charge is -2.24. The second-order valence-corrected chi connectivity index (χ2v) is 5.13. The highest BCUT2D eigenvalue weighted by Gasteiger charge is 2.16. The minimum atomic E-state index is -0.399. The highest BCUT2D eigenvalue weighted by molar-refractivity contribution is 6.31. The number of amides is 1. The Bertz CT molecular complexity index is 455. The summed E-state index contributed by atoms with van der Waals surface area (Å²) in [6, 6.07) is 3.93. The summed E-state index contributed by atoms with van der Waals surface area (Å²) in [7, 11) is 1.57. The number of rotatable bonds is 7. The summed E-state index contributed by atoms with van der Waals surface area (Å²) in [5.74, 6) is -0.471. The van der Waals surface area contributed by atoms with Crippen LogP contribution in [0.3, 0.4) is 0 Å². The Kier molecular flexibility index (Phi) is 6.91. The number of hydrogen-bond donors (Lipinski definition) is 1. The topological polar surface area (TPSA) is 55.6 Å². The highest BCUT2D eigenvalue weighted by atomic mass is 35.5. The van der Waals surface area contributed by atoms with Gasteiger partial charge in [0.05, 0.1) is 6.61 Å². The SMILES string of the molecule is COCCN(Cc1ccc(F)cc1Cl)C(=O)CC(C)N. The van der Waals surface area contributed by atoms with Crippen LogP contribution in [0.4, 0.5) is 4.39 Å². The van der Waals surface area contributed by atoms with Crippen molar-refractivity contribution in [2.75, 3.05) is 20.3 Å². The van der Waals surface area contributed by atoms with E-state index in [0.717, 1.165) is 0 Å². The summed E-state index contributed by atoms with van der Waals surface area (Å²) < 4.78 is 18.0. The fraction of sp³-hybridized carbons (Fsp3) is 0.500. The van der Waals surface area contributed by atoms with Gasteiger partial charge in [-0.3, -0.25) is 4.79 Å². The van der Waals surface area contributed by atoms with Crippen LogP contribution in [0.1, 0.15) is 18.9 Å². The summed E-state index contributed by atoms with van der Waals surface area (Å²) in [4.78, 5) is 13.7. The molecule has 1 atom stereocenters. The van der Waals surface area contributed by atoms with Gasteiger partial charge in [0.1, 0.15) is 5.82 Å². The molecule has 0 aliphatic rings. The Hall–Kier alpha value is -1.17. The van der Waals surface area contributed by atoms with Crippen molar-refractivity contribution in [1.82, 2.24) is 4.90 Å². The van der Waals surface area contributed by atoms with Gasteiger partial charge in [-0.05, 0) is 24.6 Å². The normalized spacial score (nSPS) is 12.2. The quantitative estimate of drug-likeness (QED) is 0.840. The average molecular weight is 303 g/mol. The van der Waals surface area contributed by atoms with Gasteiger partial charge in [-0.15, -0.1) is 0 Å². The molecule has 0 spiro atoms.